The van der Waals surface area contributed by atoms with Crippen LogP contribution in [0.5, 0.6) is 0 Å². The number of aromatic nitrogens is 2. The van der Waals surface area contributed by atoms with Gasteiger partial charge in [0.15, 0.2) is 0 Å². The highest BCUT2D eigenvalue weighted by Gasteiger charge is 2.50. The molecule has 1 amide bonds. The Bertz CT molecular complexity index is 1640. The Morgan fingerprint density at radius 2 is 1.64 bits per heavy atom. The van der Waals surface area contributed by atoms with Gasteiger partial charge in [0.1, 0.15) is 0 Å². The molecule has 2 saturated carbocycles. The zero-order valence-electron chi connectivity index (χ0n) is 23.5. The lowest BCUT2D eigenvalue weighted by Gasteiger charge is -2.24. The number of benzene rings is 3. The van der Waals surface area contributed by atoms with Crippen LogP contribution in [0.1, 0.15) is 61.1 Å². The van der Waals surface area contributed by atoms with Crippen molar-refractivity contribution in [3.05, 3.63) is 118 Å². The van der Waals surface area contributed by atoms with Crippen LogP contribution >= 0.6 is 0 Å². The monoisotopic (exact) mass is 561 g/mol. The Balaban J connectivity index is 1.19. The minimum Gasteiger partial charge on any atom is -0.481 e. The van der Waals surface area contributed by atoms with Crippen LogP contribution in [0.25, 0.3) is 11.3 Å². The van der Waals surface area contributed by atoms with Crippen molar-refractivity contribution < 1.29 is 14.7 Å². The zero-order valence-corrected chi connectivity index (χ0v) is 23.5. The third-order valence-electron chi connectivity index (χ3n) is 8.81. The maximum atomic E-state index is 13.7. The number of hydrogen-bond acceptors (Lipinski definition) is 4. The molecule has 2 aliphatic rings. The lowest BCUT2D eigenvalue weighted by Crippen LogP contribution is -2.27. The first-order valence-electron chi connectivity index (χ1n) is 14.8. The molecule has 7 heteroatoms. The van der Waals surface area contributed by atoms with Gasteiger partial charge < -0.3 is 10.4 Å². The predicted molar refractivity (Wildman–Crippen MR) is 162 cm³/mol. The molecule has 4 aromatic rings. The third kappa shape index (κ3) is 6.05. The minimum atomic E-state index is -0.744. The van der Waals surface area contributed by atoms with Crippen LogP contribution in [0.3, 0.4) is 0 Å². The Kier molecular flexibility index (Phi) is 7.74. The Hall–Kier alpha value is -4.52. The lowest BCUT2D eigenvalue weighted by molar-refractivity contribution is -0.143. The average molecular weight is 562 g/mol. The highest BCUT2D eigenvalue weighted by atomic mass is 16.4. The normalized spacial score (nSPS) is 16.6. The van der Waals surface area contributed by atoms with Crippen molar-refractivity contribution >= 4 is 17.6 Å². The van der Waals surface area contributed by atoms with Crippen LogP contribution in [0.2, 0.25) is 0 Å². The predicted octanol–water partition coefficient (Wildman–Crippen LogP) is 6.28. The number of carboxylic acid groups (broad SMARTS) is 1. The maximum Gasteiger partial charge on any atom is 0.309 e. The van der Waals surface area contributed by atoms with Gasteiger partial charge in [-0.1, -0.05) is 79.6 Å². The lowest BCUT2D eigenvalue weighted by atomic mass is 9.83. The number of hydrogen-bond donors (Lipinski definition) is 2. The molecule has 1 unspecified atom stereocenters. The van der Waals surface area contributed by atoms with Crippen molar-refractivity contribution in [1.82, 2.24) is 9.78 Å². The molecular weight excluding hydrogens is 526 g/mol. The quantitative estimate of drug-likeness (QED) is 0.237. The van der Waals surface area contributed by atoms with Crippen molar-refractivity contribution in [3.8, 4) is 11.3 Å². The maximum absolute atomic E-state index is 13.7. The van der Waals surface area contributed by atoms with Crippen LogP contribution in [0.4, 0.5) is 5.69 Å². The van der Waals surface area contributed by atoms with Crippen LogP contribution in [0.15, 0.2) is 95.8 Å². The summed E-state index contributed by atoms with van der Waals surface area (Å²) < 4.78 is 1.47. The summed E-state index contributed by atoms with van der Waals surface area (Å²) in [6, 6.07) is 28.6. The highest BCUT2D eigenvalue weighted by Crippen LogP contribution is 2.48. The van der Waals surface area contributed by atoms with E-state index in [0.29, 0.717) is 31.5 Å². The molecule has 7 nitrogen and oxygen atoms in total. The zero-order chi connectivity index (χ0) is 29.1. The molecule has 2 N–H and O–H groups in total. The first-order chi connectivity index (χ1) is 20.4. The Morgan fingerprint density at radius 1 is 0.905 bits per heavy atom. The summed E-state index contributed by atoms with van der Waals surface area (Å²) >= 11 is 0. The molecule has 0 aliphatic heterocycles. The Labute approximate surface area is 245 Å². The van der Waals surface area contributed by atoms with Gasteiger partial charge in [-0.05, 0) is 72.9 Å². The molecule has 2 aliphatic carbocycles. The number of carbonyl (C=O) groups excluding carboxylic acids is 1. The van der Waals surface area contributed by atoms with Crippen LogP contribution in [-0.4, -0.2) is 26.8 Å². The number of carboxylic acids is 1. The van der Waals surface area contributed by atoms with E-state index in [1.807, 2.05) is 78.9 Å². The second kappa shape index (κ2) is 11.8. The van der Waals surface area contributed by atoms with E-state index in [-0.39, 0.29) is 23.3 Å². The van der Waals surface area contributed by atoms with Gasteiger partial charge in [-0.25, -0.2) is 4.68 Å². The molecule has 0 spiro atoms. The van der Waals surface area contributed by atoms with Gasteiger partial charge in [0.05, 0.1) is 23.6 Å². The summed E-state index contributed by atoms with van der Waals surface area (Å²) in [4.78, 5) is 38.0. The van der Waals surface area contributed by atoms with Gasteiger partial charge >= 0.3 is 5.97 Å². The van der Waals surface area contributed by atoms with Gasteiger partial charge in [-0.2, -0.15) is 5.10 Å². The fraction of sp³-hybridized carbons (Fsp3) is 0.314. The van der Waals surface area contributed by atoms with Crippen molar-refractivity contribution in [1.29, 1.82) is 0 Å². The van der Waals surface area contributed by atoms with E-state index in [9.17, 15) is 19.5 Å². The molecule has 214 valence electrons. The molecule has 1 aromatic heterocycles. The van der Waals surface area contributed by atoms with Crippen molar-refractivity contribution in [2.75, 3.05) is 5.32 Å². The van der Waals surface area contributed by atoms with Gasteiger partial charge in [0.25, 0.3) is 5.56 Å². The molecule has 3 aromatic carbocycles. The summed E-state index contributed by atoms with van der Waals surface area (Å²) in [6.45, 7) is 0.338. The summed E-state index contributed by atoms with van der Waals surface area (Å²) in [5.41, 5.74) is 4.39. The third-order valence-corrected chi connectivity index (χ3v) is 8.81. The van der Waals surface area contributed by atoms with E-state index in [1.165, 1.54) is 4.68 Å². The first-order valence-corrected chi connectivity index (χ1v) is 14.8. The number of carbonyl (C=O) groups is 2. The molecule has 42 heavy (non-hydrogen) atoms. The number of amides is 1. The topological polar surface area (TPSA) is 101 Å². The number of anilines is 1. The highest BCUT2D eigenvalue weighted by molar-refractivity contribution is 5.96. The molecule has 2 fully saturated rings. The van der Waals surface area contributed by atoms with E-state index < -0.39 is 11.4 Å². The molecule has 0 saturated heterocycles. The largest absolute Gasteiger partial charge is 0.481 e. The molecule has 1 heterocycles. The fourth-order valence-corrected chi connectivity index (χ4v) is 6.24. The molecule has 1 atom stereocenters. The van der Waals surface area contributed by atoms with Crippen LogP contribution in [-0.2, 0) is 22.6 Å². The van der Waals surface area contributed by atoms with Gasteiger partial charge in [0.2, 0.25) is 5.91 Å². The van der Waals surface area contributed by atoms with Crippen molar-refractivity contribution in [2.45, 2.75) is 57.4 Å². The van der Waals surface area contributed by atoms with E-state index in [0.717, 1.165) is 53.6 Å². The minimum absolute atomic E-state index is 0.0420. The van der Waals surface area contributed by atoms with Gasteiger partial charge in [0, 0.05) is 17.3 Å². The van der Waals surface area contributed by atoms with E-state index in [2.05, 4.69) is 10.4 Å². The van der Waals surface area contributed by atoms with Crippen molar-refractivity contribution in [2.24, 2.45) is 11.3 Å². The van der Waals surface area contributed by atoms with E-state index in [4.69, 9.17) is 0 Å². The molecule has 6 rings (SSSR count). The molecular formula is C35H35N3O4. The van der Waals surface area contributed by atoms with Crippen molar-refractivity contribution in [3.63, 3.8) is 0 Å². The fourth-order valence-electron chi connectivity index (χ4n) is 6.24. The average Bonchev–Trinajstić information content (AvgIpc) is 3.59. The standard InChI is InChI=1S/C35H35N3O4/c39-31-18-17-30(26-8-2-1-3-9-26)37-38(31)23-24-13-15-28(16-14-24)32(27-10-4-5-11-27)33(40)36-29-12-6-7-25(21-29)22-35(19-20-35)34(41)42/h1-3,6-9,12-18,21,27,32H,4-5,10-11,19-20,22-23H2,(H,36,40)(H,41,42). The Morgan fingerprint density at radius 3 is 2.33 bits per heavy atom. The molecule has 0 bridgehead atoms. The molecule has 0 radical (unpaired) electrons. The second-order valence-electron chi connectivity index (χ2n) is 11.8. The van der Waals surface area contributed by atoms with Crippen LogP contribution in [0, 0.1) is 11.3 Å². The number of nitrogens with one attached hydrogen (secondary N) is 1. The summed E-state index contributed by atoms with van der Waals surface area (Å²) in [7, 11) is 0. The van der Waals surface area contributed by atoms with E-state index in [1.54, 1.807) is 12.1 Å². The number of nitrogens with zero attached hydrogens (tertiary/aromatic N) is 2. The van der Waals surface area contributed by atoms with E-state index >= 15 is 0 Å². The summed E-state index contributed by atoms with van der Waals surface area (Å²) in [5, 5.41) is 17.3. The SMILES string of the molecule is O=C(Nc1cccc(CC2(C(=O)O)CC2)c1)C(c1ccc(Cn2nc(-c3ccccc3)ccc2=O)cc1)C1CCCC1. The second-order valence-corrected chi connectivity index (χ2v) is 11.8. The first kappa shape index (κ1) is 27.6. The number of aliphatic carboxylic acids is 1. The van der Waals surface area contributed by atoms with Gasteiger partial charge in [-0.15, -0.1) is 0 Å². The smallest absolute Gasteiger partial charge is 0.309 e. The number of rotatable bonds is 10. The van der Waals surface area contributed by atoms with Gasteiger partial charge in [-0.3, -0.25) is 14.4 Å². The summed E-state index contributed by atoms with van der Waals surface area (Å²) in [6.07, 6.45) is 6.12. The van der Waals surface area contributed by atoms with Crippen LogP contribution < -0.4 is 10.9 Å². The summed E-state index contributed by atoms with van der Waals surface area (Å²) in [5.74, 6) is -0.820.